The molecule has 0 aliphatic heterocycles. The number of sulfonamides is 1. The minimum absolute atomic E-state index is 0.128. The van der Waals surface area contributed by atoms with Crippen LogP contribution in [-0.2, 0) is 19.6 Å². The molecule has 0 heterocycles. The zero-order valence-electron chi connectivity index (χ0n) is 9.68. The van der Waals surface area contributed by atoms with Gasteiger partial charge in [0.05, 0.1) is 19.1 Å². The van der Waals surface area contributed by atoms with Gasteiger partial charge in [-0.1, -0.05) is 0 Å². The first-order chi connectivity index (χ1) is 7.98. The average molecular weight is 260 g/mol. The summed E-state index contributed by atoms with van der Waals surface area (Å²) >= 11 is 0. The third-order valence-corrected chi connectivity index (χ3v) is 4.06. The van der Waals surface area contributed by atoms with Crippen molar-refractivity contribution in [3.05, 3.63) is 0 Å². The molecular formula is C10H16N2O4S. The fourth-order valence-electron chi connectivity index (χ4n) is 1.99. The topological polar surface area (TPSA) is 96.3 Å². The van der Waals surface area contributed by atoms with Crippen molar-refractivity contribution in [2.75, 3.05) is 12.9 Å². The molecule has 0 amide bonds. The van der Waals surface area contributed by atoms with Crippen LogP contribution in [0.25, 0.3) is 0 Å². The predicted molar refractivity (Wildman–Crippen MR) is 60.3 cm³/mol. The standard InChI is InChI=1S/C10H16N2O4S/c1-16-10(13)8-2-4-9(5-3-8)12-17(14,15)7-6-11/h8-9,12H,2-5,7H2,1H3. The molecule has 0 aromatic carbocycles. The fraction of sp³-hybridized carbons (Fsp3) is 0.800. The number of carbonyl (C=O) groups excluding carboxylic acids is 1. The molecule has 7 heteroatoms. The molecule has 0 saturated heterocycles. The van der Waals surface area contributed by atoms with Crippen LogP contribution in [0.5, 0.6) is 0 Å². The van der Waals surface area contributed by atoms with E-state index in [-0.39, 0.29) is 17.9 Å². The molecule has 1 aliphatic rings. The summed E-state index contributed by atoms with van der Waals surface area (Å²) in [4.78, 5) is 11.3. The van der Waals surface area contributed by atoms with E-state index in [1.165, 1.54) is 7.11 Å². The van der Waals surface area contributed by atoms with E-state index < -0.39 is 15.8 Å². The molecule has 6 nitrogen and oxygen atoms in total. The van der Waals surface area contributed by atoms with Gasteiger partial charge in [0.1, 0.15) is 0 Å². The Hall–Kier alpha value is -1.13. The third-order valence-electron chi connectivity index (χ3n) is 2.86. The molecule has 1 aliphatic carbocycles. The summed E-state index contributed by atoms with van der Waals surface area (Å²) < 4.78 is 29.8. The van der Waals surface area contributed by atoms with Gasteiger partial charge in [0, 0.05) is 6.04 Å². The number of esters is 1. The van der Waals surface area contributed by atoms with Crippen LogP contribution in [0.15, 0.2) is 0 Å². The van der Waals surface area contributed by atoms with Gasteiger partial charge in [0.15, 0.2) is 5.75 Å². The van der Waals surface area contributed by atoms with Crippen molar-refractivity contribution in [3.8, 4) is 6.07 Å². The molecule has 96 valence electrons. The van der Waals surface area contributed by atoms with Crippen LogP contribution in [0.3, 0.4) is 0 Å². The zero-order valence-corrected chi connectivity index (χ0v) is 10.5. The molecule has 1 saturated carbocycles. The maximum Gasteiger partial charge on any atom is 0.308 e. The van der Waals surface area contributed by atoms with Crippen LogP contribution in [0, 0.1) is 17.2 Å². The van der Waals surface area contributed by atoms with Crippen LogP contribution >= 0.6 is 0 Å². The van der Waals surface area contributed by atoms with Gasteiger partial charge in [-0.25, -0.2) is 13.1 Å². The molecule has 0 spiro atoms. The zero-order chi connectivity index (χ0) is 12.9. The monoisotopic (exact) mass is 260 g/mol. The number of nitriles is 1. The lowest BCUT2D eigenvalue weighted by Gasteiger charge is -2.26. The van der Waals surface area contributed by atoms with Crippen LogP contribution in [-0.4, -0.2) is 33.3 Å². The first kappa shape index (κ1) is 13.9. The SMILES string of the molecule is COC(=O)C1CCC(NS(=O)(=O)CC#N)CC1. The Morgan fingerprint density at radius 2 is 2.00 bits per heavy atom. The molecular weight excluding hydrogens is 244 g/mol. The number of nitrogens with one attached hydrogen (secondary N) is 1. The van der Waals surface area contributed by atoms with Crippen LogP contribution in [0.2, 0.25) is 0 Å². The molecule has 17 heavy (non-hydrogen) atoms. The summed E-state index contributed by atoms with van der Waals surface area (Å²) in [7, 11) is -2.15. The summed E-state index contributed by atoms with van der Waals surface area (Å²) in [6.45, 7) is 0. The Bertz CT molecular complexity index is 405. The van der Waals surface area contributed by atoms with E-state index >= 15 is 0 Å². The van der Waals surface area contributed by atoms with E-state index in [1.54, 1.807) is 6.07 Å². The lowest BCUT2D eigenvalue weighted by Crippen LogP contribution is -2.39. The van der Waals surface area contributed by atoms with Gasteiger partial charge in [-0.05, 0) is 25.7 Å². The van der Waals surface area contributed by atoms with Crippen LogP contribution in [0.1, 0.15) is 25.7 Å². The second-order valence-electron chi connectivity index (χ2n) is 4.11. The fourth-order valence-corrected chi connectivity index (χ4v) is 2.99. The van der Waals surface area contributed by atoms with Crippen molar-refractivity contribution in [2.24, 2.45) is 5.92 Å². The number of hydrogen-bond donors (Lipinski definition) is 1. The Morgan fingerprint density at radius 1 is 1.41 bits per heavy atom. The molecule has 0 atom stereocenters. The van der Waals surface area contributed by atoms with Crippen molar-refractivity contribution < 1.29 is 17.9 Å². The highest BCUT2D eigenvalue weighted by Gasteiger charge is 2.28. The van der Waals surface area contributed by atoms with Gasteiger partial charge in [-0.15, -0.1) is 0 Å². The first-order valence-corrected chi connectivity index (χ1v) is 7.08. The predicted octanol–water partition coefficient (Wildman–Crippen LogP) is 0.161. The van der Waals surface area contributed by atoms with Crippen molar-refractivity contribution in [1.29, 1.82) is 5.26 Å². The number of nitrogens with zero attached hydrogens (tertiary/aromatic N) is 1. The summed E-state index contributed by atoms with van der Waals surface area (Å²) in [5, 5.41) is 8.35. The molecule has 1 fully saturated rings. The lowest BCUT2D eigenvalue weighted by molar-refractivity contribution is -0.146. The third kappa shape index (κ3) is 4.32. The van der Waals surface area contributed by atoms with Gasteiger partial charge in [0.25, 0.3) is 0 Å². The molecule has 0 unspecified atom stereocenters. The summed E-state index contributed by atoms with van der Waals surface area (Å²) in [6.07, 6.45) is 2.44. The van der Waals surface area contributed by atoms with E-state index in [0.29, 0.717) is 25.7 Å². The second kappa shape index (κ2) is 5.98. The van der Waals surface area contributed by atoms with Crippen molar-refractivity contribution >= 4 is 16.0 Å². The highest BCUT2D eigenvalue weighted by atomic mass is 32.2. The van der Waals surface area contributed by atoms with E-state index in [1.807, 2.05) is 0 Å². The van der Waals surface area contributed by atoms with Gasteiger partial charge >= 0.3 is 5.97 Å². The normalized spacial score (nSPS) is 24.9. The van der Waals surface area contributed by atoms with E-state index in [0.717, 1.165) is 0 Å². The highest BCUT2D eigenvalue weighted by Crippen LogP contribution is 2.25. The minimum atomic E-state index is -3.50. The minimum Gasteiger partial charge on any atom is -0.469 e. The molecule has 1 rings (SSSR count). The van der Waals surface area contributed by atoms with Gasteiger partial charge < -0.3 is 4.74 Å². The van der Waals surface area contributed by atoms with Crippen molar-refractivity contribution in [2.45, 2.75) is 31.7 Å². The Balaban J connectivity index is 2.43. The maximum absolute atomic E-state index is 11.3. The summed E-state index contributed by atoms with van der Waals surface area (Å²) in [5.74, 6) is -0.885. The molecule has 0 aromatic heterocycles. The average Bonchev–Trinajstić information content (AvgIpc) is 2.28. The first-order valence-electron chi connectivity index (χ1n) is 5.43. The van der Waals surface area contributed by atoms with Crippen molar-refractivity contribution in [3.63, 3.8) is 0 Å². The van der Waals surface area contributed by atoms with Gasteiger partial charge in [-0.3, -0.25) is 4.79 Å². The van der Waals surface area contributed by atoms with Crippen LogP contribution < -0.4 is 4.72 Å². The number of ether oxygens (including phenoxy) is 1. The number of hydrogen-bond acceptors (Lipinski definition) is 5. The van der Waals surface area contributed by atoms with E-state index in [9.17, 15) is 13.2 Å². The molecule has 0 bridgehead atoms. The molecule has 1 N–H and O–H groups in total. The molecule has 0 radical (unpaired) electrons. The van der Waals surface area contributed by atoms with E-state index in [4.69, 9.17) is 5.26 Å². The summed E-state index contributed by atoms with van der Waals surface area (Å²) in [6, 6.07) is 1.44. The summed E-state index contributed by atoms with van der Waals surface area (Å²) in [5.41, 5.74) is 0. The smallest absolute Gasteiger partial charge is 0.308 e. The van der Waals surface area contributed by atoms with Crippen LogP contribution in [0.4, 0.5) is 0 Å². The number of carbonyl (C=O) groups is 1. The second-order valence-corrected chi connectivity index (χ2v) is 5.86. The number of methoxy groups -OCH3 is 1. The Morgan fingerprint density at radius 3 is 2.47 bits per heavy atom. The quantitative estimate of drug-likeness (QED) is 0.726. The number of rotatable bonds is 4. The van der Waals surface area contributed by atoms with Crippen molar-refractivity contribution in [1.82, 2.24) is 4.72 Å². The highest BCUT2D eigenvalue weighted by molar-refractivity contribution is 7.89. The molecule has 0 aromatic rings. The lowest BCUT2D eigenvalue weighted by atomic mass is 9.86. The van der Waals surface area contributed by atoms with Gasteiger partial charge in [0.2, 0.25) is 10.0 Å². The Labute approximate surface area is 101 Å². The maximum atomic E-state index is 11.3. The van der Waals surface area contributed by atoms with Gasteiger partial charge in [-0.2, -0.15) is 5.26 Å². The largest absolute Gasteiger partial charge is 0.469 e. The van der Waals surface area contributed by atoms with E-state index in [2.05, 4.69) is 9.46 Å². The Kier molecular flexibility index (Phi) is 4.90.